The van der Waals surface area contributed by atoms with E-state index in [1.807, 2.05) is 72.8 Å². The van der Waals surface area contributed by atoms with E-state index >= 15 is 0 Å². The fourth-order valence-electron chi connectivity index (χ4n) is 3.24. The number of rotatable bonds is 11. The zero-order valence-corrected chi connectivity index (χ0v) is 17.3. The molecule has 31 heavy (non-hydrogen) atoms. The van der Waals surface area contributed by atoms with E-state index in [9.17, 15) is 14.7 Å². The lowest BCUT2D eigenvalue weighted by atomic mass is 9.97. The van der Waals surface area contributed by atoms with Crippen molar-refractivity contribution < 1.29 is 19.4 Å². The molecular weight excluding hydrogens is 388 g/mol. The maximum Gasteiger partial charge on any atom is 0.306 e. The minimum Gasteiger partial charge on any atom is -0.494 e. The molecule has 0 aliphatic carbocycles. The van der Waals surface area contributed by atoms with Gasteiger partial charge < -0.3 is 9.84 Å². The molecule has 4 heteroatoms. The molecule has 0 saturated carbocycles. The van der Waals surface area contributed by atoms with Gasteiger partial charge >= 0.3 is 5.97 Å². The Balaban J connectivity index is 1.46. The van der Waals surface area contributed by atoms with E-state index in [0.29, 0.717) is 30.8 Å². The summed E-state index contributed by atoms with van der Waals surface area (Å²) >= 11 is 0. The smallest absolute Gasteiger partial charge is 0.306 e. The number of hydrogen-bond donors (Lipinski definition) is 1. The summed E-state index contributed by atoms with van der Waals surface area (Å²) in [5.74, 6) is -0.593. The van der Waals surface area contributed by atoms with Crippen molar-refractivity contribution in [2.45, 2.75) is 19.3 Å². The molecule has 0 aromatic heterocycles. The van der Waals surface area contributed by atoms with Crippen molar-refractivity contribution in [2.24, 2.45) is 5.92 Å². The number of carbonyl (C=O) groups excluding carboxylic acids is 1. The van der Waals surface area contributed by atoms with Gasteiger partial charge in [-0.05, 0) is 48.6 Å². The lowest BCUT2D eigenvalue weighted by Gasteiger charge is -2.13. The molecule has 3 aromatic rings. The molecule has 0 amide bonds. The summed E-state index contributed by atoms with van der Waals surface area (Å²) in [6.45, 7) is 0.341. The summed E-state index contributed by atoms with van der Waals surface area (Å²) in [5, 5.41) is 9.48. The van der Waals surface area contributed by atoms with Gasteiger partial charge in [-0.1, -0.05) is 78.9 Å². The van der Waals surface area contributed by atoms with Crippen molar-refractivity contribution >= 4 is 17.8 Å². The average molecular weight is 415 g/mol. The third-order valence-corrected chi connectivity index (χ3v) is 5.07. The molecule has 0 aliphatic rings. The molecule has 3 aromatic carbocycles. The Labute approximate surface area is 182 Å². The predicted molar refractivity (Wildman–Crippen MR) is 122 cm³/mol. The SMILES string of the molecule is O=C(/C=C/c1ccc(OCCC(CCc2ccccc2)C(=O)O)cc1)c1ccccc1. The molecule has 0 spiro atoms. The van der Waals surface area contributed by atoms with Crippen molar-refractivity contribution in [3.8, 4) is 5.75 Å². The molecule has 3 rings (SSSR count). The fraction of sp³-hybridized carbons (Fsp3) is 0.185. The number of ketones is 1. The van der Waals surface area contributed by atoms with Crippen LogP contribution in [-0.2, 0) is 11.2 Å². The summed E-state index contributed by atoms with van der Waals surface area (Å²) in [7, 11) is 0. The number of aryl methyl sites for hydroxylation is 1. The van der Waals surface area contributed by atoms with E-state index < -0.39 is 11.9 Å². The number of ether oxygens (including phenoxy) is 1. The van der Waals surface area contributed by atoms with E-state index in [0.717, 1.165) is 17.5 Å². The van der Waals surface area contributed by atoms with E-state index in [1.54, 1.807) is 24.3 Å². The molecule has 0 bridgehead atoms. The topological polar surface area (TPSA) is 63.6 Å². The molecule has 158 valence electrons. The molecule has 4 nitrogen and oxygen atoms in total. The summed E-state index contributed by atoms with van der Waals surface area (Å²) in [6, 6.07) is 26.4. The number of allylic oxidation sites excluding steroid dienone is 1. The molecule has 0 heterocycles. The normalized spacial score (nSPS) is 11.9. The Morgan fingerprint density at radius 1 is 0.839 bits per heavy atom. The van der Waals surface area contributed by atoms with Crippen LogP contribution in [0.1, 0.15) is 34.3 Å². The van der Waals surface area contributed by atoms with Gasteiger partial charge in [-0.2, -0.15) is 0 Å². The molecule has 0 radical (unpaired) electrons. The average Bonchev–Trinajstić information content (AvgIpc) is 2.81. The second kappa shape index (κ2) is 11.5. The van der Waals surface area contributed by atoms with Crippen LogP contribution in [0.15, 0.2) is 91.0 Å². The van der Waals surface area contributed by atoms with E-state index in [4.69, 9.17) is 4.74 Å². The van der Waals surface area contributed by atoms with Gasteiger partial charge in [0, 0.05) is 5.56 Å². The van der Waals surface area contributed by atoms with Gasteiger partial charge in [-0.15, -0.1) is 0 Å². The Hall–Kier alpha value is -3.66. The van der Waals surface area contributed by atoms with Crippen molar-refractivity contribution in [1.82, 2.24) is 0 Å². The third-order valence-electron chi connectivity index (χ3n) is 5.07. The summed E-state index contributed by atoms with van der Waals surface area (Å²) < 4.78 is 5.73. The van der Waals surface area contributed by atoms with Crippen LogP contribution in [0.2, 0.25) is 0 Å². The first kappa shape index (κ1) is 22.0. The lowest BCUT2D eigenvalue weighted by Crippen LogP contribution is -2.17. The Morgan fingerprint density at radius 3 is 2.13 bits per heavy atom. The van der Waals surface area contributed by atoms with Crippen molar-refractivity contribution in [1.29, 1.82) is 0 Å². The van der Waals surface area contributed by atoms with Gasteiger partial charge in [-0.25, -0.2) is 0 Å². The van der Waals surface area contributed by atoms with Crippen LogP contribution in [0.3, 0.4) is 0 Å². The highest BCUT2D eigenvalue weighted by atomic mass is 16.5. The number of aliphatic carboxylic acids is 1. The maximum absolute atomic E-state index is 12.1. The minimum absolute atomic E-state index is 0.0452. The number of benzene rings is 3. The van der Waals surface area contributed by atoms with Crippen LogP contribution < -0.4 is 4.74 Å². The fourth-order valence-corrected chi connectivity index (χ4v) is 3.24. The standard InChI is InChI=1S/C27H26O4/c28-26(23-9-5-2-6-10-23)18-14-22-12-16-25(17-13-22)31-20-19-24(27(29)30)15-11-21-7-3-1-4-8-21/h1-10,12-14,16-18,24H,11,15,19-20H2,(H,29,30)/b18-14+. The van der Waals surface area contributed by atoms with Gasteiger partial charge in [0.25, 0.3) is 0 Å². The van der Waals surface area contributed by atoms with E-state index in [-0.39, 0.29) is 5.78 Å². The second-order valence-corrected chi connectivity index (χ2v) is 7.33. The van der Waals surface area contributed by atoms with Crippen LogP contribution >= 0.6 is 0 Å². The van der Waals surface area contributed by atoms with Gasteiger partial charge in [0.15, 0.2) is 5.78 Å². The second-order valence-electron chi connectivity index (χ2n) is 7.33. The van der Waals surface area contributed by atoms with Crippen LogP contribution in [0.4, 0.5) is 0 Å². The van der Waals surface area contributed by atoms with Gasteiger partial charge in [0.2, 0.25) is 0 Å². The first-order valence-corrected chi connectivity index (χ1v) is 10.4. The van der Waals surface area contributed by atoms with Crippen molar-refractivity contribution in [2.75, 3.05) is 6.61 Å². The van der Waals surface area contributed by atoms with Crippen molar-refractivity contribution in [3.63, 3.8) is 0 Å². The zero-order valence-electron chi connectivity index (χ0n) is 17.3. The first-order valence-electron chi connectivity index (χ1n) is 10.4. The molecule has 1 atom stereocenters. The van der Waals surface area contributed by atoms with Crippen LogP contribution in [0.25, 0.3) is 6.08 Å². The summed E-state index contributed by atoms with van der Waals surface area (Å²) in [5.41, 5.74) is 2.69. The highest BCUT2D eigenvalue weighted by Gasteiger charge is 2.17. The van der Waals surface area contributed by atoms with Crippen LogP contribution in [-0.4, -0.2) is 23.5 Å². The van der Waals surface area contributed by atoms with Crippen molar-refractivity contribution in [3.05, 3.63) is 108 Å². The predicted octanol–water partition coefficient (Wildman–Crippen LogP) is 5.69. The van der Waals surface area contributed by atoms with Gasteiger partial charge in [0.05, 0.1) is 12.5 Å². The van der Waals surface area contributed by atoms with Crippen LogP contribution in [0.5, 0.6) is 5.75 Å². The molecule has 0 aliphatic heterocycles. The highest BCUT2D eigenvalue weighted by Crippen LogP contribution is 2.17. The first-order chi connectivity index (χ1) is 15.1. The highest BCUT2D eigenvalue weighted by molar-refractivity contribution is 6.06. The Morgan fingerprint density at radius 2 is 1.48 bits per heavy atom. The third kappa shape index (κ3) is 7.27. The number of hydrogen-bond acceptors (Lipinski definition) is 3. The lowest BCUT2D eigenvalue weighted by molar-refractivity contribution is -0.142. The van der Waals surface area contributed by atoms with Crippen LogP contribution in [0, 0.1) is 5.92 Å². The summed E-state index contributed by atoms with van der Waals surface area (Å²) in [6.07, 6.45) is 5.09. The number of carboxylic acids is 1. The molecule has 0 fully saturated rings. The minimum atomic E-state index is -0.789. The Kier molecular flexibility index (Phi) is 8.18. The number of carboxylic acid groups (broad SMARTS) is 1. The molecule has 0 saturated heterocycles. The molecule has 1 N–H and O–H groups in total. The largest absolute Gasteiger partial charge is 0.494 e. The molecular formula is C27H26O4. The Bertz CT molecular complexity index is 992. The van der Waals surface area contributed by atoms with E-state index in [1.165, 1.54) is 0 Å². The zero-order chi connectivity index (χ0) is 21.9. The quantitative estimate of drug-likeness (QED) is 0.324. The summed E-state index contributed by atoms with van der Waals surface area (Å²) in [4.78, 5) is 23.7. The monoisotopic (exact) mass is 414 g/mol. The van der Waals surface area contributed by atoms with Gasteiger partial charge in [0.1, 0.15) is 5.75 Å². The number of carbonyl (C=O) groups is 2. The van der Waals surface area contributed by atoms with Gasteiger partial charge in [-0.3, -0.25) is 9.59 Å². The maximum atomic E-state index is 12.1. The van der Waals surface area contributed by atoms with E-state index in [2.05, 4.69) is 0 Å². The molecule has 1 unspecified atom stereocenters.